The van der Waals surface area contributed by atoms with E-state index in [-0.39, 0.29) is 12.3 Å². The first-order chi connectivity index (χ1) is 11.6. The van der Waals surface area contributed by atoms with Crippen molar-refractivity contribution in [2.75, 3.05) is 6.54 Å². The largest absolute Gasteiger partial charge is 0.480 e. The highest BCUT2D eigenvalue weighted by Gasteiger charge is 2.31. The molecule has 6 heteroatoms. The molecule has 0 radical (unpaired) electrons. The molecule has 126 valence electrons. The Morgan fingerprint density at radius 2 is 2.04 bits per heavy atom. The van der Waals surface area contributed by atoms with Crippen LogP contribution >= 0.6 is 11.3 Å². The average molecular weight is 344 g/mol. The monoisotopic (exact) mass is 344 g/mol. The molecule has 0 aliphatic carbocycles. The molecule has 1 amide bonds. The summed E-state index contributed by atoms with van der Waals surface area (Å²) in [4.78, 5) is 29.8. The fraction of sp³-hybridized carbons (Fsp3) is 0.389. The number of nitrogens with zero attached hydrogens (tertiary/aromatic N) is 2. The van der Waals surface area contributed by atoms with Gasteiger partial charge in [0.1, 0.15) is 6.04 Å². The van der Waals surface area contributed by atoms with Crippen molar-refractivity contribution in [2.24, 2.45) is 0 Å². The maximum atomic E-state index is 12.5. The lowest BCUT2D eigenvalue weighted by atomic mass is 10.0. The van der Waals surface area contributed by atoms with E-state index < -0.39 is 12.0 Å². The van der Waals surface area contributed by atoms with Crippen molar-refractivity contribution >= 4 is 23.2 Å². The van der Waals surface area contributed by atoms with Crippen molar-refractivity contribution < 1.29 is 14.7 Å². The lowest BCUT2D eigenvalue weighted by molar-refractivity contribution is -0.151. The van der Waals surface area contributed by atoms with Crippen molar-refractivity contribution in [1.82, 2.24) is 9.88 Å². The molecule has 3 rings (SSSR count). The summed E-state index contributed by atoms with van der Waals surface area (Å²) in [5.41, 5.74) is 1.91. The summed E-state index contributed by atoms with van der Waals surface area (Å²) in [5, 5.41) is 12.2. The molecule has 1 fully saturated rings. The SMILES string of the molecule is O=C(O)[C@@H]1CCCCN1C(=O)Cc1csc(Cc2ccccc2)n1. The Morgan fingerprint density at radius 3 is 2.79 bits per heavy atom. The summed E-state index contributed by atoms with van der Waals surface area (Å²) < 4.78 is 0. The molecular formula is C18H20N2O3S. The Balaban J connectivity index is 1.63. The minimum Gasteiger partial charge on any atom is -0.480 e. The van der Waals surface area contributed by atoms with Crippen LogP contribution in [0.1, 0.15) is 35.5 Å². The molecule has 2 heterocycles. The van der Waals surface area contributed by atoms with Crippen molar-refractivity contribution in [2.45, 2.75) is 38.1 Å². The van der Waals surface area contributed by atoms with Gasteiger partial charge in [-0.25, -0.2) is 9.78 Å². The Hall–Kier alpha value is -2.21. The van der Waals surface area contributed by atoms with Crippen LogP contribution in [0.15, 0.2) is 35.7 Å². The summed E-state index contributed by atoms with van der Waals surface area (Å²) in [6.07, 6.45) is 3.19. The molecule has 1 N–H and O–H groups in total. The van der Waals surface area contributed by atoms with E-state index in [1.165, 1.54) is 10.5 Å². The molecule has 0 unspecified atom stereocenters. The van der Waals surface area contributed by atoms with Gasteiger partial charge in [-0.05, 0) is 24.8 Å². The highest BCUT2D eigenvalue weighted by molar-refractivity contribution is 7.09. The molecule has 24 heavy (non-hydrogen) atoms. The molecule has 1 aliphatic heterocycles. The summed E-state index contributed by atoms with van der Waals surface area (Å²) in [6.45, 7) is 0.525. The van der Waals surface area contributed by atoms with Crippen LogP contribution in [0.5, 0.6) is 0 Å². The number of hydrogen-bond acceptors (Lipinski definition) is 4. The van der Waals surface area contributed by atoms with Crippen LogP contribution in [0.4, 0.5) is 0 Å². The lowest BCUT2D eigenvalue weighted by Crippen LogP contribution is -2.48. The molecule has 1 atom stereocenters. The molecule has 0 saturated carbocycles. The molecule has 0 spiro atoms. The van der Waals surface area contributed by atoms with Gasteiger partial charge in [-0.15, -0.1) is 11.3 Å². The second-order valence-corrected chi connectivity index (χ2v) is 6.95. The van der Waals surface area contributed by atoms with E-state index in [1.54, 1.807) is 11.3 Å². The van der Waals surface area contributed by atoms with E-state index in [9.17, 15) is 14.7 Å². The maximum Gasteiger partial charge on any atom is 0.326 e. The van der Waals surface area contributed by atoms with E-state index in [0.717, 1.165) is 30.0 Å². The number of carboxylic acid groups (broad SMARTS) is 1. The number of amides is 1. The number of carbonyl (C=O) groups excluding carboxylic acids is 1. The molecule has 2 aromatic rings. The number of benzene rings is 1. The topological polar surface area (TPSA) is 70.5 Å². The third-order valence-electron chi connectivity index (χ3n) is 4.24. The number of likely N-dealkylation sites (tertiary alicyclic amines) is 1. The van der Waals surface area contributed by atoms with Gasteiger partial charge in [0.2, 0.25) is 5.91 Å². The van der Waals surface area contributed by atoms with Crippen LogP contribution in [0, 0.1) is 0 Å². The van der Waals surface area contributed by atoms with E-state index in [2.05, 4.69) is 17.1 Å². The van der Waals surface area contributed by atoms with Crippen molar-refractivity contribution in [1.29, 1.82) is 0 Å². The average Bonchev–Trinajstić information content (AvgIpc) is 3.02. The molecule has 5 nitrogen and oxygen atoms in total. The van der Waals surface area contributed by atoms with Crippen LogP contribution in [-0.4, -0.2) is 39.5 Å². The third-order valence-corrected chi connectivity index (χ3v) is 5.14. The predicted octanol–water partition coefficient (Wildman–Crippen LogP) is 2.74. The highest BCUT2D eigenvalue weighted by Crippen LogP contribution is 2.20. The van der Waals surface area contributed by atoms with Gasteiger partial charge in [0.15, 0.2) is 0 Å². The highest BCUT2D eigenvalue weighted by atomic mass is 32.1. The molecule has 1 aliphatic rings. The predicted molar refractivity (Wildman–Crippen MR) is 92.1 cm³/mol. The van der Waals surface area contributed by atoms with Crippen molar-refractivity contribution in [3.63, 3.8) is 0 Å². The zero-order valence-electron chi connectivity index (χ0n) is 13.4. The van der Waals surface area contributed by atoms with Crippen molar-refractivity contribution in [3.8, 4) is 0 Å². The number of carboxylic acids is 1. The van der Waals surface area contributed by atoms with Crippen LogP contribution in [-0.2, 0) is 22.4 Å². The Bertz CT molecular complexity index is 714. The van der Waals surface area contributed by atoms with E-state index in [4.69, 9.17) is 0 Å². The van der Waals surface area contributed by atoms with Crippen LogP contribution in [0.3, 0.4) is 0 Å². The molecular weight excluding hydrogens is 324 g/mol. The van der Waals surface area contributed by atoms with E-state index in [0.29, 0.717) is 13.0 Å². The smallest absolute Gasteiger partial charge is 0.326 e. The molecule has 1 aromatic heterocycles. The summed E-state index contributed by atoms with van der Waals surface area (Å²) in [5.74, 6) is -1.05. The third kappa shape index (κ3) is 4.00. The summed E-state index contributed by atoms with van der Waals surface area (Å²) in [7, 11) is 0. The molecule has 1 aromatic carbocycles. The van der Waals surface area contributed by atoms with Gasteiger partial charge in [-0.1, -0.05) is 30.3 Å². The van der Waals surface area contributed by atoms with Crippen LogP contribution in [0.25, 0.3) is 0 Å². The van der Waals surface area contributed by atoms with Crippen molar-refractivity contribution in [3.05, 3.63) is 52.0 Å². The second kappa shape index (κ2) is 7.57. The number of piperidine rings is 1. The Kier molecular flexibility index (Phi) is 5.25. The first-order valence-electron chi connectivity index (χ1n) is 8.13. The van der Waals surface area contributed by atoms with Crippen LogP contribution in [0.2, 0.25) is 0 Å². The van der Waals surface area contributed by atoms with Gasteiger partial charge in [-0.3, -0.25) is 4.79 Å². The minimum absolute atomic E-state index is 0.140. The summed E-state index contributed by atoms with van der Waals surface area (Å²) in [6, 6.07) is 9.39. The van der Waals surface area contributed by atoms with Gasteiger partial charge in [0.25, 0.3) is 0 Å². The Labute approximate surface area is 145 Å². The normalized spacial score (nSPS) is 17.7. The van der Waals surface area contributed by atoms with Gasteiger partial charge < -0.3 is 10.0 Å². The van der Waals surface area contributed by atoms with E-state index in [1.807, 2.05) is 23.6 Å². The number of aliphatic carboxylic acids is 1. The number of carbonyl (C=O) groups is 2. The van der Waals surface area contributed by atoms with Gasteiger partial charge >= 0.3 is 5.97 Å². The quantitative estimate of drug-likeness (QED) is 0.905. The second-order valence-electron chi connectivity index (χ2n) is 6.01. The number of thiazole rings is 1. The maximum absolute atomic E-state index is 12.5. The number of aromatic nitrogens is 1. The molecule has 1 saturated heterocycles. The van der Waals surface area contributed by atoms with Gasteiger partial charge in [-0.2, -0.15) is 0 Å². The van der Waals surface area contributed by atoms with Crippen LogP contribution < -0.4 is 0 Å². The van der Waals surface area contributed by atoms with E-state index >= 15 is 0 Å². The number of hydrogen-bond donors (Lipinski definition) is 1. The van der Waals surface area contributed by atoms with Gasteiger partial charge in [0, 0.05) is 18.3 Å². The Morgan fingerprint density at radius 1 is 1.25 bits per heavy atom. The summed E-state index contributed by atoms with van der Waals surface area (Å²) >= 11 is 1.54. The fourth-order valence-corrected chi connectivity index (χ4v) is 3.85. The zero-order valence-corrected chi connectivity index (χ0v) is 14.2. The molecule has 0 bridgehead atoms. The first-order valence-corrected chi connectivity index (χ1v) is 9.01. The number of rotatable bonds is 5. The lowest BCUT2D eigenvalue weighted by Gasteiger charge is -2.32. The fourth-order valence-electron chi connectivity index (χ4n) is 3.03. The van der Waals surface area contributed by atoms with Gasteiger partial charge in [0.05, 0.1) is 17.1 Å². The first kappa shape index (κ1) is 16.6. The zero-order chi connectivity index (χ0) is 16.9. The standard InChI is InChI=1S/C18H20N2O3S/c21-17(20-9-5-4-8-15(20)18(22)23)11-14-12-24-16(19-14)10-13-6-2-1-3-7-13/h1-3,6-7,12,15H,4-5,8-11H2,(H,22,23)/t15-/m0/s1. The minimum atomic E-state index is -0.911.